The lowest BCUT2D eigenvalue weighted by Crippen LogP contribution is -2.62. The molecule has 0 N–H and O–H groups in total. The summed E-state index contributed by atoms with van der Waals surface area (Å²) in [6.45, 7) is 11.7. The molecule has 0 unspecified atom stereocenters. The molecule has 140 valence electrons. The van der Waals surface area contributed by atoms with Crippen LogP contribution < -0.4 is 0 Å². The number of hydrogen-bond acceptors (Lipinski definition) is 4. The van der Waals surface area contributed by atoms with Crippen molar-refractivity contribution in [3.63, 3.8) is 0 Å². The zero-order chi connectivity index (χ0) is 17.8. The van der Waals surface area contributed by atoms with E-state index < -0.39 is 8.32 Å². The van der Waals surface area contributed by atoms with Crippen LogP contribution in [0.1, 0.15) is 59.3 Å². The fourth-order valence-electron chi connectivity index (χ4n) is 5.95. The van der Waals surface area contributed by atoms with Gasteiger partial charge < -0.3 is 13.9 Å². The molecule has 0 amide bonds. The molecule has 0 aromatic rings. The summed E-state index contributed by atoms with van der Waals surface area (Å²) in [5.41, 5.74) is -0.230. The van der Waals surface area contributed by atoms with Gasteiger partial charge in [-0.05, 0) is 56.2 Å². The van der Waals surface area contributed by atoms with Crippen LogP contribution in [-0.4, -0.2) is 44.1 Å². The number of fused-ring (bicyclic) bond motifs is 2. The van der Waals surface area contributed by atoms with Gasteiger partial charge in [-0.1, -0.05) is 20.8 Å². The van der Waals surface area contributed by atoms with E-state index in [-0.39, 0.29) is 28.3 Å². The van der Waals surface area contributed by atoms with Gasteiger partial charge in [0.2, 0.25) is 0 Å². The van der Waals surface area contributed by atoms with Gasteiger partial charge in [-0.25, -0.2) is 0 Å². The van der Waals surface area contributed by atoms with Crippen molar-refractivity contribution in [2.45, 2.75) is 107 Å². The second-order valence-electron chi connectivity index (χ2n) is 10.8. The molecule has 2 heterocycles. The summed E-state index contributed by atoms with van der Waals surface area (Å²) in [5.74, 6) is 0.892. The third kappa shape index (κ3) is 2.13. The van der Waals surface area contributed by atoms with Crippen LogP contribution in [0.25, 0.3) is 0 Å². The Bertz CT molecular complexity index is 626. The van der Waals surface area contributed by atoms with Crippen molar-refractivity contribution in [3.8, 4) is 0 Å². The number of epoxide rings is 2. The van der Waals surface area contributed by atoms with Gasteiger partial charge in [0.05, 0.1) is 18.3 Å². The van der Waals surface area contributed by atoms with Crippen LogP contribution in [0.3, 0.4) is 0 Å². The second-order valence-corrected chi connectivity index (χ2v) is 15.5. The molecular weight excluding hydrogens is 332 g/mol. The van der Waals surface area contributed by atoms with E-state index in [1.54, 1.807) is 0 Å². The Morgan fingerprint density at radius 1 is 1.20 bits per heavy atom. The molecule has 2 bridgehead atoms. The van der Waals surface area contributed by atoms with E-state index in [2.05, 4.69) is 33.9 Å². The van der Waals surface area contributed by atoms with E-state index in [1.165, 1.54) is 0 Å². The molecule has 7 atom stereocenters. The Balaban J connectivity index is 1.56. The summed E-state index contributed by atoms with van der Waals surface area (Å²) < 4.78 is 19.4. The van der Waals surface area contributed by atoms with Crippen LogP contribution in [0, 0.1) is 11.3 Å². The average Bonchev–Trinajstić information content (AvgIpc) is 3.38. The van der Waals surface area contributed by atoms with Gasteiger partial charge >= 0.3 is 0 Å². The summed E-state index contributed by atoms with van der Waals surface area (Å²) in [7, 11) is -1.88. The Labute approximate surface area is 152 Å². The number of rotatable bonds is 2. The summed E-state index contributed by atoms with van der Waals surface area (Å²) >= 11 is 0. The molecule has 4 nitrogen and oxygen atoms in total. The topological polar surface area (TPSA) is 51.4 Å². The first-order valence-electron chi connectivity index (χ1n) is 10.1. The maximum atomic E-state index is 12.4. The van der Waals surface area contributed by atoms with Crippen LogP contribution in [0.15, 0.2) is 0 Å². The van der Waals surface area contributed by atoms with Crippen LogP contribution in [0.2, 0.25) is 18.1 Å². The SMILES string of the molecule is CC(C)(C)[Si](C)(C)O[C@@H]1[C@H]2CC[C@@]34O[C@@H]3C(=O)CC[C@@]14C[C@@H]1O[C@@H]1C2. The smallest absolute Gasteiger partial charge is 0.192 e. The first-order chi connectivity index (χ1) is 11.6. The van der Waals surface area contributed by atoms with Gasteiger partial charge in [-0.2, -0.15) is 0 Å². The first-order valence-corrected chi connectivity index (χ1v) is 13.0. The molecular formula is C20H32O4Si. The molecule has 3 saturated carbocycles. The summed E-state index contributed by atoms with van der Waals surface area (Å²) in [5, 5.41) is 0.200. The maximum Gasteiger partial charge on any atom is 0.192 e. The van der Waals surface area contributed by atoms with Gasteiger partial charge in [-0.3, -0.25) is 4.79 Å². The summed E-state index contributed by atoms with van der Waals surface area (Å²) in [6, 6.07) is 0. The molecule has 25 heavy (non-hydrogen) atoms. The van der Waals surface area contributed by atoms with Gasteiger partial charge in [-0.15, -0.1) is 0 Å². The van der Waals surface area contributed by atoms with Crippen molar-refractivity contribution in [2.24, 2.45) is 11.3 Å². The lowest BCUT2D eigenvalue weighted by atomic mass is 9.54. The van der Waals surface area contributed by atoms with Crippen LogP contribution in [-0.2, 0) is 18.7 Å². The quantitative estimate of drug-likeness (QED) is 0.552. The molecule has 2 saturated heterocycles. The minimum atomic E-state index is -1.88. The fraction of sp³-hybridized carbons (Fsp3) is 0.950. The first kappa shape index (κ1) is 16.9. The number of hydrogen-bond donors (Lipinski definition) is 0. The van der Waals surface area contributed by atoms with E-state index in [4.69, 9.17) is 13.9 Å². The van der Waals surface area contributed by atoms with Crippen molar-refractivity contribution in [2.75, 3.05) is 0 Å². The highest BCUT2D eigenvalue weighted by molar-refractivity contribution is 6.74. The van der Waals surface area contributed by atoms with Crippen molar-refractivity contribution in [3.05, 3.63) is 0 Å². The highest BCUT2D eigenvalue weighted by Gasteiger charge is 2.79. The molecule has 5 heteroatoms. The van der Waals surface area contributed by atoms with Crippen molar-refractivity contribution in [1.82, 2.24) is 0 Å². The fourth-order valence-corrected chi connectivity index (χ4v) is 7.36. The van der Waals surface area contributed by atoms with Gasteiger partial charge in [0.1, 0.15) is 11.7 Å². The largest absolute Gasteiger partial charge is 0.413 e. The lowest BCUT2D eigenvalue weighted by molar-refractivity contribution is -0.132. The van der Waals surface area contributed by atoms with E-state index in [0.717, 1.165) is 32.1 Å². The number of ketones is 1. The number of carbonyl (C=O) groups excluding carboxylic acids is 1. The van der Waals surface area contributed by atoms with Crippen LogP contribution in [0.4, 0.5) is 0 Å². The summed E-state index contributed by atoms with van der Waals surface area (Å²) in [6.07, 6.45) is 6.85. The lowest BCUT2D eigenvalue weighted by Gasteiger charge is -2.55. The minimum Gasteiger partial charge on any atom is -0.413 e. The normalized spacial score (nSPS) is 51.1. The molecule has 0 radical (unpaired) electrons. The Morgan fingerprint density at radius 2 is 1.96 bits per heavy atom. The molecule has 2 spiro atoms. The Hall–Kier alpha value is -0.233. The van der Waals surface area contributed by atoms with Gasteiger partial charge in [0.15, 0.2) is 14.1 Å². The zero-order valence-electron chi connectivity index (χ0n) is 16.3. The van der Waals surface area contributed by atoms with E-state index in [1.807, 2.05) is 0 Å². The van der Waals surface area contributed by atoms with Gasteiger partial charge in [0, 0.05) is 11.8 Å². The Morgan fingerprint density at radius 3 is 2.68 bits per heavy atom. The van der Waals surface area contributed by atoms with Crippen molar-refractivity contribution < 1.29 is 18.7 Å². The molecule has 2 aliphatic heterocycles. The molecule has 0 aromatic heterocycles. The molecule has 3 aliphatic carbocycles. The monoisotopic (exact) mass is 364 g/mol. The standard InChI is InChI=1S/C20H32O4Si/c1-18(2,3)25(4,5)24-16-12-6-9-20-17(23-20)13(21)7-8-19(16,20)11-15-14(10-12)22-15/h12,14-17H,6-11H2,1-5H3/t12-,14+,15-,16+,17+,19+,20+/m0/s1. The highest BCUT2D eigenvalue weighted by Crippen LogP contribution is 2.70. The van der Waals surface area contributed by atoms with Crippen molar-refractivity contribution >= 4 is 14.1 Å². The van der Waals surface area contributed by atoms with Gasteiger partial charge in [0.25, 0.3) is 0 Å². The van der Waals surface area contributed by atoms with Crippen LogP contribution in [0.5, 0.6) is 0 Å². The molecule has 0 aromatic carbocycles. The Kier molecular flexibility index (Phi) is 3.23. The van der Waals surface area contributed by atoms with E-state index in [0.29, 0.717) is 30.3 Å². The maximum absolute atomic E-state index is 12.4. The highest BCUT2D eigenvalue weighted by atomic mass is 28.4. The second kappa shape index (κ2) is 4.78. The minimum absolute atomic E-state index is 0.0000694. The zero-order valence-corrected chi connectivity index (χ0v) is 17.3. The summed E-state index contributed by atoms with van der Waals surface area (Å²) in [4.78, 5) is 12.4. The predicted molar refractivity (Wildman–Crippen MR) is 97.0 cm³/mol. The molecule has 5 rings (SSSR count). The van der Waals surface area contributed by atoms with E-state index >= 15 is 0 Å². The predicted octanol–water partition coefficient (Wildman–Crippen LogP) is 3.83. The third-order valence-electron chi connectivity index (χ3n) is 8.52. The third-order valence-corrected chi connectivity index (χ3v) is 13.0. The molecule has 5 aliphatic rings. The number of carbonyl (C=O) groups is 1. The number of ether oxygens (including phenoxy) is 2. The molecule has 5 fully saturated rings. The number of Topliss-reactive ketones (excluding diaryl/α,β-unsaturated/α-hetero) is 1. The van der Waals surface area contributed by atoms with E-state index in [9.17, 15) is 4.79 Å². The van der Waals surface area contributed by atoms with Crippen LogP contribution >= 0.6 is 0 Å². The average molecular weight is 365 g/mol. The van der Waals surface area contributed by atoms with Crippen molar-refractivity contribution in [1.29, 1.82) is 0 Å².